The monoisotopic (exact) mass is 211 g/mol. The SMILES string of the molecule is O=C(CC(F)=C(F)F)NC(=O)C(=O)O. The number of aliphatic carboxylic acids is 1. The highest BCUT2D eigenvalue weighted by Gasteiger charge is 2.17. The van der Waals surface area contributed by atoms with Crippen LogP contribution in [0.5, 0.6) is 0 Å². The Morgan fingerprint density at radius 1 is 1.14 bits per heavy atom. The number of hydrogen-bond donors (Lipinski definition) is 2. The minimum atomic E-state index is -2.69. The molecule has 0 aliphatic carbocycles. The van der Waals surface area contributed by atoms with Crippen LogP contribution in [0.1, 0.15) is 6.42 Å². The van der Waals surface area contributed by atoms with Gasteiger partial charge in [0, 0.05) is 0 Å². The van der Waals surface area contributed by atoms with Gasteiger partial charge >= 0.3 is 18.0 Å². The smallest absolute Gasteiger partial charge is 0.394 e. The predicted molar refractivity (Wildman–Crippen MR) is 35.8 cm³/mol. The average Bonchev–Trinajstić information content (AvgIpc) is 2.03. The summed E-state index contributed by atoms with van der Waals surface area (Å²) in [5, 5.41) is 9.14. The first kappa shape index (κ1) is 12.1. The Morgan fingerprint density at radius 2 is 1.64 bits per heavy atom. The van der Waals surface area contributed by atoms with Crippen molar-refractivity contribution in [2.24, 2.45) is 0 Å². The Hall–Kier alpha value is -1.86. The normalized spacial score (nSPS) is 9.07. The first-order valence-electron chi connectivity index (χ1n) is 3.11. The quantitative estimate of drug-likeness (QED) is 0.638. The van der Waals surface area contributed by atoms with E-state index in [1.807, 2.05) is 0 Å². The summed E-state index contributed by atoms with van der Waals surface area (Å²) < 4.78 is 34.9. The van der Waals surface area contributed by atoms with Gasteiger partial charge in [-0.05, 0) is 0 Å². The maximum Gasteiger partial charge on any atom is 0.394 e. The molecule has 0 aromatic heterocycles. The lowest BCUT2D eigenvalue weighted by atomic mass is 10.3. The minimum Gasteiger partial charge on any atom is -0.474 e. The summed E-state index contributed by atoms with van der Waals surface area (Å²) in [5.41, 5.74) is 0. The van der Waals surface area contributed by atoms with Crippen molar-refractivity contribution in [3.05, 3.63) is 11.9 Å². The van der Waals surface area contributed by atoms with Gasteiger partial charge in [0.05, 0.1) is 6.42 Å². The summed E-state index contributed by atoms with van der Waals surface area (Å²) in [4.78, 5) is 30.6. The molecule has 14 heavy (non-hydrogen) atoms. The van der Waals surface area contributed by atoms with Crippen molar-refractivity contribution in [3.8, 4) is 0 Å². The van der Waals surface area contributed by atoms with E-state index >= 15 is 0 Å². The van der Waals surface area contributed by atoms with Crippen molar-refractivity contribution in [1.29, 1.82) is 0 Å². The second-order valence-corrected chi connectivity index (χ2v) is 2.02. The molecule has 0 radical (unpaired) electrons. The molecular formula is C6H4F3NO4. The zero-order valence-electron chi connectivity index (χ0n) is 6.51. The third-order valence-corrected chi connectivity index (χ3v) is 0.968. The van der Waals surface area contributed by atoms with Crippen molar-refractivity contribution in [3.63, 3.8) is 0 Å². The maximum atomic E-state index is 12.0. The molecule has 8 heteroatoms. The number of carbonyl (C=O) groups excluding carboxylic acids is 2. The van der Waals surface area contributed by atoms with Gasteiger partial charge in [0.1, 0.15) is 0 Å². The van der Waals surface area contributed by atoms with E-state index in [4.69, 9.17) is 5.11 Å². The van der Waals surface area contributed by atoms with Gasteiger partial charge < -0.3 is 5.11 Å². The number of amides is 2. The number of imide groups is 1. The summed E-state index contributed by atoms with van der Waals surface area (Å²) in [6, 6.07) is 0. The molecule has 0 bridgehead atoms. The zero-order valence-corrected chi connectivity index (χ0v) is 6.51. The van der Waals surface area contributed by atoms with Gasteiger partial charge in [-0.3, -0.25) is 14.9 Å². The molecule has 0 aliphatic rings. The summed E-state index contributed by atoms with van der Waals surface area (Å²) in [6.45, 7) is 0. The molecule has 0 saturated heterocycles. The van der Waals surface area contributed by atoms with E-state index in [1.165, 1.54) is 5.32 Å². The van der Waals surface area contributed by atoms with Crippen LogP contribution in [0.15, 0.2) is 11.9 Å². The van der Waals surface area contributed by atoms with Crippen molar-refractivity contribution >= 4 is 17.8 Å². The molecule has 2 N–H and O–H groups in total. The molecular weight excluding hydrogens is 207 g/mol. The summed E-state index contributed by atoms with van der Waals surface area (Å²) in [7, 11) is 0. The second kappa shape index (κ2) is 5.00. The molecule has 0 aromatic rings. The fourth-order valence-electron chi connectivity index (χ4n) is 0.432. The van der Waals surface area contributed by atoms with Crippen LogP contribution in [-0.4, -0.2) is 22.9 Å². The molecule has 0 rings (SSSR count). The van der Waals surface area contributed by atoms with Gasteiger partial charge in [-0.1, -0.05) is 0 Å². The van der Waals surface area contributed by atoms with E-state index in [1.54, 1.807) is 0 Å². The number of hydrogen-bond acceptors (Lipinski definition) is 3. The van der Waals surface area contributed by atoms with Gasteiger partial charge in [0.25, 0.3) is 0 Å². The Labute approximate surface area is 75.2 Å². The fourth-order valence-corrected chi connectivity index (χ4v) is 0.432. The molecule has 78 valence electrons. The van der Waals surface area contributed by atoms with Gasteiger partial charge in [-0.15, -0.1) is 0 Å². The molecule has 0 unspecified atom stereocenters. The Morgan fingerprint density at radius 3 is 2.00 bits per heavy atom. The summed E-state index contributed by atoms with van der Waals surface area (Å²) in [5.74, 6) is -7.14. The molecule has 5 nitrogen and oxygen atoms in total. The van der Waals surface area contributed by atoms with Crippen LogP contribution in [0.4, 0.5) is 13.2 Å². The van der Waals surface area contributed by atoms with Crippen molar-refractivity contribution in [2.75, 3.05) is 0 Å². The highest BCUT2D eigenvalue weighted by atomic mass is 19.3. The number of nitrogens with one attached hydrogen (secondary N) is 1. The Balaban J connectivity index is 4.20. The van der Waals surface area contributed by atoms with Crippen LogP contribution in [0, 0.1) is 0 Å². The third-order valence-electron chi connectivity index (χ3n) is 0.968. The number of carboxylic acid groups (broad SMARTS) is 1. The molecule has 0 atom stereocenters. The Bertz CT molecular complexity index is 308. The number of rotatable bonds is 2. The van der Waals surface area contributed by atoms with Crippen LogP contribution < -0.4 is 5.32 Å². The molecule has 0 aliphatic heterocycles. The molecule has 0 spiro atoms. The van der Waals surface area contributed by atoms with Crippen molar-refractivity contribution in [2.45, 2.75) is 6.42 Å². The molecule has 0 saturated carbocycles. The van der Waals surface area contributed by atoms with Crippen LogP contribution in [0.2, 0.25) is 0 Å². The van der Waals surface area contributed by atoms with Crippen LogP contribution >= 0.6 is 0 Å². The van der Waals surface area contributed by atoms with E-state index in [0.717, 1.165) is 0 Å². The highest BCUT2D eigenvalue weighted by Crippen LogP contribution is 2.12. The number of carbonyl (C=O) groups is 3. The molecule has 0 heterocycles. The van der Waals surface area contributed by atoms with E-state index in [0.29, 0.717) is 0 Å². The lowest BCUT2D eigenvalue weighted by molar-refractivity contribution is -0.151. The number of halogens is 3. The van der Waals surface area contributed by atoms with Crippen LogP contribution in [0.25, 0.3) is 0 Å². The van der Waals surface area contributed by atoms with E-state index in [9.17, 15) is 27.6 Å². The van der Waals surface area contributed by atoms with Gasteiger partial charge in [-0.25, -0.2) is 9.18 Å². The highest BCUT2D eigenvalue weighted by molar-refractivity contribution is 6.34. The summed E-state index contributed by atoms with van der Waals surface area (Å²) >= 11 is 0. The first-order valence-corrected chi connectivity index (χ1v) is 3.11. The topological polar surface area (TPSA) is 83.5 Å². The lowest BCUT2D eigenvalue weighted by Gasteiger charge is -1.97. The van der Waals surface area contributed by atoms with Crippen LogP contribution in [-0.2, 0) is 14.4 Å². The van der Waals surface area contributed by atoms with E-state index in [2.05, 4.69) is 0 Å². The summed E-state index contributed by atoms with van der Waals surface area (Å²) in [6.07, 6.45) is -4.07. The molecule has 0 aromatic carbocycles. The van der Waals surface area contributed by atoms with E-state index in [-0.39, 0.29) is 0 Å². The predicted octanol–water partition coefficient (Wildman–Crippen LogP) is 0.181. The number of carboxylic acids is 1. The van der Waals surface area contributed by atoms with Crippen molar-refractivity contribution in [1.82, 2.24) is 5.32 Å². The zero-order chi connectivity index (χ0) is 11.3. The third kappa shape index (κ3) is 4.24. The van der Waals surface area contributed by atoms with Gasteiger partial charge in [-0.2, -0.15) is 8.78 Å². The second-order valence-electron chi connectivity index (χ2n) is 2.02. The molecule has 2 amide bonds. The first-order chi connectivity index (χ1) is 6.34. The van der Waals surface area contributed by atoms with Gasteiger partial charge in [0.15, 0.2) is 5.83 Å². The lowest BCUT2D eigenvalue weighted by Crippen LogP contribution is -2.35. The van der Waals surface area contributed by atoms with Crippen molar-refractivity contribution < 1.29 is 32.7 Å². The van der Waals surface area contributed by atoms with Crippen LogP contribution in [0.3, 0.4) is 0 Å². The molecule has 0 fully saturated rings. The Kier molecular flexibility index (Phi) is 4.33. The van der Waals surface area contributed by atoms with Gasteiger partial charge in [0.2, 0.25) is 5.91 Å². The fraction of sp³-hybridized carbons (Fsp3) is 0.167. The largest absolute Gasteiger partial charge is 0.474 e. The standard InChI is InChI=1S/C6H4F3NO4/c7-2(4(8)9)1-3(11)10-5(12)6(13)14/h1H2,(H,13,14)(H,10,11,12). The van der Waals surface area contributed by atoms with E-state index < -0.39 is 36.1 Å². The minimum absolute atomic E-state index is 1.18. The average molecular weight is 211 g/mol. The maximum absolute atomic E-state index is 12.0.